The molecule has 1 unspecified atom stereocenters. The Kier molecular flexibility index (Phi) is 3.20. The summed E-state index contributed by atoms with van der Waals surface area (Å²) >= 11 is 6.19. The van der Waals surface area contributed by atoms with Crippen LogP contribution in [0.4, 0.5) is 0 Å². The minimum atomic E-state index is -0.236. The molecule has 0 bridgehead atoms. The molecule has 2 aromatic carbocycles. The highest BCUT2D eigenvalue weighted by atomic mass is 35.5. The molecule has 94 valence electrons. The molecule has 0 saturated heterocycles. The lowest BCUT2D eigenvalue weighted by Gasteiger charge is -2.14. The van der Waals surface area contributed by atoms with Gasteiger partial charge in [0.05, 0.1) is 11.6 Å². The van der Waals surface area contributed by atoms with Crippen LogP contribution >= 0.6 is 11.6 Å². The van der Waals surface area contributed by atoms with Crippen LogP contribution in [0.3, 0.4) is 0 Å². The number of nitrogens with zero attached hydrogens (tertiary/aromatic N) is 1. The number of benzene rings is 2. The molecule has 19 heavy (non-hydrogen) atoms. The largest absolute Gasteiger partial charge is 0.320 e. The lowest BCUT2D eigenvalue weighted by atomic mass is 9.98. The zero-order valence-corrected chi connectivity index (χ0v) is 11.0. The third kappa shape index (κ3) is 2.33. The van der Waals surface area contributed by atoms with Crippen molar-refractivity contribution in [1.29, 1.82) is 0 Å². The molecule has 0 radical (unpaired) electrons. The topological polar surface area (TPSA) is 38.9 Å². The Morgan fingerprint density at radius 2 is 1.84 bits per heavy atom. The van der Waals surface area contributed by atoms with Crippen molar-refractivity contribution < 1.29 is 0 Å². The highest BCUT2D eigenvalue weighted by Crippen LogP contribution is 2.27. The van der Waals surface area contributed by atoms with Gasteiger partial charge in [0.15, 0.2) is 0 Å². The maximum atomic E-state index is 6.30. The summed E-state index contributed by atoms with van der Waals surface area (Å²) in [6.45, 7) is 0. The summed E-state index contributed by atoms with van der Waals surface area (Å²) in [5, 5.41) is 1.80. The van der Waals surface area contributed by atoms with Crippen LogP contribution in [0.5, 0.6) is 0 Å². The van der Waals surface area contributed by atoms with Gasteiger partial charge in [-0.2, -0.15) is 0 Å². The monoisotopic (exact) mass is 268 g/mol. The predicted octanol–water partition coefficient (Wildman–Crippen LogP) is 3.94. The molecular formula is C16H13ClN2. The molecule has 3 rings (SSSR count). The molecule has 0 amide bonds. The first-order valence-corrected chi connectivity index (χ1v) is 6.48. The molecule has 3 heteroatoms. The quantitative estimate of drug-likeness (QED) is 0.765. The van der Waals surface area contributed by atoms with Gasteiger partial charge in [0, 0.05) is 16.6 Å². The SMILES string of the molecule is NC(c1ccc2cccnc2c1)c1ccccc1Cl. The van der Waals surface area contributed by atoms with E-state index in [1.807, 2.05) is 54.6 Å². The van der Waals surface area contributed by atoms with Crippen molar-refractivity contribution in [3.63, 3.8) is 0 Å². The normalized spacial score (nSPS) is 12.5. The van der Waals surface area contributed by atoms with Gasteiger partial charge >= 0.3 is 0 Å². The van der Waals surface area contributed by atoms with Crippen molar-refractivity contribution in [1.82, 2.24) is 4.98 Å². The van der Waals surface area contributed by atoms with E-state index in [0.29, 0.717) is 5.02 Å². The highest BCUT2D eigenvalue weighted by Gasteiger charge is 2.12. The van der Waals surface area contributed by atoms with E-state index >= 15 is 0 Å². The number of nitrogens with two attached hydrogens (primary N) is 1. The summed E-state index contributed by atoms with van der Waals surface area (Å²) in [7, 11) is 0. The average molecular weight is 269 g/mol. The second-order valence-corrected chi connectivity index (χ2v) is 4.86. The second-order valence-electron chi connectivity index (χ2n) is 4.45. The molecule has 0 aliphatic rings. The lowest BCUT2D eigenvalue weighted by molar-refractivity contribution is 0.873. The third-order valence-electron chi connectivity index (χ3n) is 3.23. The van der Waals surface area contributed by atoms with Crippen molar-refractivity contribution >= 4 is 22.5 Å². The van der Waals surface area contributed by atoms with Gasteiger partial charge in [-0.05, 0) is 29.3 Å². The Morgan fingerprint density at radius 3 is 2.68 bits per heavy atom. The molecule has 0 spiro atoms. The van der Waals surface area contributed by atoms with Crippen LogP contribution in [-0.4, -0.2) is 4.98 Å². The number of hydrogen-bond donors (Lipinski definition) is 1. The zero-order chi connectivity index (χ0) is 13.2. The van der Waals surface area contributed by atoms with Gasteiger partial charge in [-0.3, -0.25) is 4.98 Å². The minimum absolute atomic E-state index is 0.236. The molecule has 1 atom stereocenters. The number of aromatic nitrogens is 1. The van der Waals surface area contributed by atoms with Crippen LogP contribution in [0.1, 0.15) is 17.2 Å². The van der Waals surface area contributed by atoms with Crippen LogP contribution in [0.2, 0.25) is 5.02 Å². The van der Waals surface area contributed by atoms with Gasteiger partial charge < -0.3 is 5.73 Å². The number of halogens is 1. The van der Waals surface area contributed by atoms with Gasteiger partial charge in [-0.25, -0.2) is 0 Å². The van der Waals surface area contributed by atoms with Gasteiger partial charge in [0.2, 0.25) is 0 Å². The number of hydrogen-bond acceptors (Lipinski definition) is 2. The fourth-order valence-corrected chi connectivity index (χ4v) is 2.44. The average Bonchev–Trinajstić information content (AvgIpc) is 2.46. The minimum Gasteiger partial charge on any atom is -0.320 e. The van der Waals surface area contributed by atoms with E-state index < -0.39 is 0 Å². The first-order chi connectivity index (χ1) is 9.25. The summed E-state index contributed by atoms with van der Waals surface area (Å²) in [5.41, 5.74) is 9.19. The maximum absolute atomic E-state index is 6.30. The number of pyridine rings is 1. The molecule has 1 heterocycles. The van der Waals surface area contributed by atoms with Crippen molar-refractivity contribution in [3.05, 3.63) is 76.9 Å². The third-order valence-corrected chi connectivity index (χ3v) is 3.57. The molecule has 0 fully saturated rings. The lowest BCUT2D eigenvalue weighted by Crippen LogP contribution is -2.12. The van der Waals surface area contributed by atoms with Gasteiger partial charge in [0.1, 0.15) is 0 Å². The van der Waals surface area contributed by atoms with Crippen molar-refractivity contribution in [2.45, 2.75) is 6.04 Å². The molecule has 0 aliphatic carbocycles. The molecule has 2 nitrogen and oxygen atoms in total. The Bertz CT molecular complexity index is 725. The van der Waals surface area contributed by atoms with Crippen LogP contribution in [0.15, 0.2) is 60.8 Å². The standard InChI is InChI=1S/C16H13ClN2/c17-14-6-2-1-5-13(14)16(18)12-8-7-11-4-3-9-19-15(11)10-12/h1-10,16H,18H2. The fourth-order valence-electron chi connectivity index (χ4n) is 2.18. The Hall–Kier alpha value is -1.90. The molecule has 1 aromatic heterocycles. The number of rotatable bonds is 2. The van der Waals surface area contributed by atoms with Gasteiger partial charge in [-0.15, -0.1) is 0 Å². The molecule has 0 aliphatic heterocycles. The van der Waals surface area contributed by atoms with E-state index in [2.05, 4.69) is 4.98 Å². The molecule has 2 N–H and O–H groups in total. The van der Waals surface area contributed by atoms with Crippen LogP contribution in [0.25, 0.3) is 10.9 Å². The van der Waals surface area contributed by atoms with E-state index in [4.69, 9.17) is 17.3 Å². The molecular weight excluding hydrogens is 256 g/mol. The summed E-state index contributed by atoms with van der Waals surface area (Å²) in [4.78, 5) is 4.35. The van der Waals surface area contributed by atoms with E-state index in [1.165, 1.54) is 0 Å². The van der Waals surface area contributed by atoms with Gasteiger partial charge in [0.25, 0.3) is 0 Å². The van der Waals surface area contributed by atoms with E-state index in [-0.39, 0.29) is 6.04 Å². The second kappa shape index (κ2) is 5.00. The van der Waals surface area contributed by atoms with Crippen LogP contribution < -0.4 is 5.73 Å². The maximum Gasteiger partial charge on any atom is 0.0705 e. The Balaban J connectivity index is 2.07. The smallest absolute Gasteiger partial charge is 0.0705 e. The van der Waals surface area contributed by atoms with Crippen LogP contribution in [-0.2, 0) is 0 Å². The first-order valence-electron chi connectivity index (χ1n) is 6.10. The Morgan fingerprint density at radius 1 is 1.00 bits per heavy atom. The van der Waals surface area contributed by atoms with Crippen molar-refractivity contribution in [3.8, 4) is 0 Å². The number of fused-ring (bicyclic) bond motifs is 1. The van der Waals surface area contributed by atoms with E-state index in [0.717, 1.165) is 22.0 Å². The summed E-state index contributed by atoms with van der Waals surface area (Å²) in [6, 6.07) is 17.5. The van der Waals surface area contributed by atoms with Crippen molar-refractivity contribution in [2.24, 2.45) is 5.73 Å². The highest BCUT2D eigenvalue weighted by molar-refractivity contribution is 6.31. The summed E-state index contributed by atoms with van der Waals surface area (Å²) < 4.78 is 0. The predicted molar refractivity (Wildman–Crippen MR) is 79.2 cm³/mol. The fraction of sp³-hybridized carbons (Fsp3) is 0.0625. The van der Waals surface area contributed by atoms with E-state index in [9.17, 15) is 0 Å². The van der Waals surface area contributed by atoms with E-state index in [1.54, 1.807) is 6.20 Å². The van der Waals surface area contributed by atoms with Gasteiger partial charge in [-0.1, -0.05) is 48.0 Å². The van der Waals surface area contributed by atoms with Crippen LogP contribution in [0, 0.1) is 0 Å². The first kappa shape index (κ1) is 12.2. The molecule has 0 saturated carbocycles. The molecule has 3 aromatic rings. The zero-order valence-electron chi connectivity index (χ0n) is 10.3. The Labute approximate surface area is 116 Å². The summed E-state index contributed by atoms with van der Waals surface area (Å²) in [5.74, 6) is 0. The summed E-state index contributed by atoms with van der Waals surface area (Å²) in [6.07, 6.45) is 1.78. The van der Waals surface area contributed by atoms with Crippen molar-refractivity contribution in [2.75, 3.05) is 0 Å².